The Kier molecular flexibility index (Phi) is 102. The van der Waals surface area contributed by atoms with Gasteiger partial charge in [-0.2, -0.15) is 0 Å². The Balaban J connectivity index is -0.000000804. The van der Waals surface area contributed by atoms with Crippen LogP contribution in [0.15, 0.2) is 44.6 Å². The second kappa shape index (κ2) is 101. The van der Waals surface area contributed by atoms with Crippen molar-refractivity contribution in [2.24, 2.45) is 47.3 Å². The molecule has 16 aliphatic carbocycles. The van der Waals surface area contributed by atoms with Gasteiger partial charge in [-0.15, -0.1) is 0 Å². The monoisotopic (exact) mass is 2360 g/mol. The third-order valence-corrected chi connectivity index (χ3v) is 28.6. The molecule has 0 heterocycles. The molecule has 0 spiro atoms. The van der Waals surface area contributed by atoms with Crippen LogP contribution in [-0.2, 0) is 208 Å². The third kappa shape index (κ3) is 76.7. The minimum Gasteiger partial charge on any atom is -0.465 e. The van der Waals surface area contributed by atoms with Crippen LogP contribution >= 0.6 is 0 Å². The molecule has 0 amide bonds. The summed E-state index contributed by atoms with van der Waals surface area (Å²) >= 11 is 0. The van der Waals surface area contributed by atoms with Crippen molar-refractivity contribution in [3.63, 3.8) is 0 Å². The Bertz CT molecular complexity index is 3760. The molecule has 0 aliphatic heterocycles. The van der Waals surface area contributed by atoms with E-state index in [-0.39, 0.29) is 227 Å². The van der Waals surface area contributed by atoms with Gasteiger partial charge in [-0.25, -0.2) is 14.4 Å². The number of rotatable bonds is 12. The molecule has 834 valence electrons. The molecule has 0 atom stereocenters. The Hall–Kier alpha value is -4.44. The first-order chi connectivity index (χ1) is 67.8. The van der Waals surface area contributed by atoms with Crippen LogP contribution in [0, 0.1) is 142 Å². The van der Waals surface area contributed by atoms with Crippen LogP contribution in [0.25, 0.3) is 0 Å². The summed E-state index contributed by atoms with van der Waals surface area (Å²) in [5.74, 6) is 49.1. The van der Waals surface area contributed by atoms with Gasteiger partial charge in [-0.05, 0) is 110 Å². The van der Waals surface area contributed by atoms with Gasteiger partial charge < -0.3 is 33.2 Å². The van der Waals surface area contributed by atoms with Crippen molar-refractivity contribution >= 4 is 47.6 Å². The number of ether oxygens (including phenoxy) is 7. The zero-order valence-electron chi connectivity index (χ0n) is 91.3. The molecule has 0 bridgehead atoms. The predicted molar refractivity (Wildman–Crippen MR) is 564 cm³/mol. The van der Waals surface area contributed by atoms with Gasteiger partial charge in [0.15, 0.2) is 5.78 Å². The second-order valence-corrected chi connectivity index (χ2v) is 40.7. The normalized spacial score (nSPS) is 19.0. The van der Waals surface area contributed by atoms with Gasteiger partial charge in [0.25, 0.3) is 0 Å². The van der Waals surface area contributed by atoms with Gasteiger partial charge in [0.05, 0.1) is 49.2 Å². The molecule has 0 aromatic heterocycles. The van der Waals surface area contributed by atoms with E-state index in [0.29, 0.717) is 57.8 Å². The number of carbonyl (C=O) groups excluding carboxylic acids is 8. The van der Waals surface area contributed by atoms with E-state index in [4.69, 9.17) is 33.2 Å². The molecule has 0 N–H and O–H groups in total. The van der Waals surface area contributed by atoms with E-state index in [1.165, 1.54) is 390 Å². The number of esters is 7. The molecule has 15 nitrogen and oxygen atoms in total. The van der Waals surface area contributed by atoms with Crippen LogP contribution in [0.5, 0.6) is 0 Å². The molecule has 16 rings (SSSR count). The minimum atomic E-state index is -0.637. The fourth-order valence-electron chi connectivity index (χ4n) is 19.9. The number of Topliss-reactive ketones (excluding diaryl/α,β-unsaturated/α-hetero) is 1. The summed E-state index contributed by atoms with van der Waals surface area (Å²) < 4.78 is 35.1. The molecule has 0 radical (unpaired) electrons. The number of carbonyl (C=O) groups is 8. The molecule has 0 unspecified atom stereocenters. The van der Waals surface area contributed by atoms with E-state index >= 15 is 0 Å². The van der Waals surface area contributed by atoms with Crippen molar-refractivity contribution in [1.82, 2.24) is 0 Å². The van der Waals surface area contributed by atoms with E-state index in [1.807, 2.05) is 0 Å². The van der Waals surface area contributed by atoms with Crippen LogP contribution in [0.3, 0.4) is 0 Å². The van der Waals surface area contributed by atoms with Crippen molar-refractivity contribution in [3.05, 3.63) is 44.6 Å². The van der Waals surface area contributed by atoms with E-state index in [1.54, 1.807) is 0 Å². The number of ketones is 1. The van der Waals surface area contributed by atoms with E-state index in [0.717, 1.165) is 128 Å². The fraction of sp³-hybridized carbons (Fsp3) is 0.742. The summed E-state index contributed by atoms with van der Waals surface area (Å²) in [6.45, 7) is 7.22. The topological polar surface area (TPSA) is 201 Å². The maximum atomic E-state index is 12.1. The number of methoxy groups -OCH3 is 3. The van der Waals surface area contributed by atoms with Gasteiger partial charge in [0.1, 0.15) is 43.1 Å². The number of hydrogen-bond donors (Lipinski definition) is 0. The molecule has 0 aromatic carbocycles. The molecule has 147 heavy (non-hydrogen) atoms. The molecule has 0 saturated heterocycles. The van der Waals surface area contributed by atoms with Crippen molar-refractivity contribution in [2.45, 2.75) is 497 Å². The van der Waals surface area contributed by atoms with Gasteiger partial charge >= 0.3 is 41.8 Å². The molecular formula is C124H184Fe8O15. The molecule has 23 heteroatoms. The third-order valence-electron chi connectivity index (χ3n) is 28.6. The summed E-state index contributed by atoms with van der Waals surface area (Å²) in [6.07, 6.45) is 96.3. The maximum absolute atomic E-state index is 12.1. The summed E-state index contributed by atoms with van der Waals surface area (Å²) in [6, 6.07) is 0. The molecular weight excluding hydrogens is 2180 g/mol. The van der Waals surface area contributed by atoms with Gasteiger partial charge in [0, 0.05) is 212 Å². The van der Waals surface area contributed by atoms with Crippen LogP contribution in [0.1, 0.15) is 497 Å². The van der Waals surface area contributed by atoms with Gasteiger partial charge in [-0.1, -0.05) is 454 Å². The van der Waals surface area contributed by atoms with Crippen molar-refractivity contribution < 1.29 is 208 Å². The smallest absolute Gasteiger partial charge is 0.348 e. The minimum absolute atomic E-state index is 0. The fourth-order valence-corrected chi connectivity index (χ4v) is 19.9. The molecule has 0 aromatic rings. The van der Waals surface area contributed by atoms with Crippen molar-refractivity contribution in [1.29, 1.82) is 0 Å². The number of hydrogen-bond acceptors (Lipinski definition) is 15. The summed E-state index contributed by atoms with van der Waals surface area (Å²) in [5, 5.41) is 0. The summed E-state index contributed by atoms with van der Waals surface area (Å²) in [7, 11) is 3.86. The first kappa shape index (κ1) is 149. The van der Waals surface area contributed by atoms with Crippen LogP contribution in [-0.4, -0.2) is 95.3 Å². The Morgan fingerprint density at radius 2 is 0.279 bits per heavy atom. The first-order valence-corrected chi connectivity index (χ1v) is 56.2. The van der Waals surface area contributed by atoms with Gasteiger partial charge in [-0.3, -0.25) is 24.0 Å². The predicted octanol–water partition coefficient (Wildman–Crippen LogP) is 29.6. The Morgan fingerprint density at radius 1 is 0.170 bits per heavy atom. The molecule has 16 saturated carbocycles. The van der Waals surface area contributed by atoms with Crippen LogP contribution in [0.4, 0.5) is 0 Å². The zero-order valence-corrected chi connectivity index (χ0v) is 100. The SMILES string of the molecule is C1CCCC1.C1CCCC1.C1CCCC1.C1CCCC1.C1CCCC1.C1CCCC1.C1CCCC1.C1CCCC1.CC(=O)OC/C(C#CC1CCCC1)=C(\C#CC1CCCC1)COC(C)=O.CC(=O)OC/C(C#CC1CCCC1)=C(\C#CC1CCCC1)COC(C)=O.COC(=O)/C(C#CC1CCCC1)=C(/C#CC1CCCC1)C(=O)OC.COC(=O)/C(C#CC1CCCC1)=C(\C#CC1CCCC1)C(C)=O.[Fe].[Fe].[Fe].[Fe].[Fe].[Fe].[Fe].[Fe]. The second-order valence-electron chi connectivity index (χ2n) is 40.7. The van der Waals surface area contributed by atoms with Crippen molar-refractivity contribution in [3.8, 4) is 94.7 Å². The zero-order chi connectivity index (χ0) is 99.9. The maximum Gasteiger partial charge on any atom is 0.348 e. The Morgan fingerprint density at radius 3 is 0.388 bits per heavy atom. The molecule has 16 aliphatic rings. The van der Waals surface area contributed by atoms with Crippen molar-refractivity contribution in [2.75, 3.05) is 47.8 Å². The van der Waals surface area contributed by atoms with Crippen LogP contribution in [0.2, 0.25) is 0 Å². The van der Waals surface area contributed by atoms with E-state index < -0.39 is 17.9 Å². The first-order valence-electron chi connectivity index (χ1n) is 56.2. The van der Waals surface area contributed by atoms with Gasteiger partial charge in [0.2, 0.25) is 0 Å². The summed E-state index contributed by atoms with van der Waals surface area (Å²) in [4.78, 5) is 93.3. The van der Waals surface area contributed by atoms with E-state index in [9.17, 15) is 38.4 Å². The molecule has 16 fully saturated rings. The summed E-state index contributed by atoms with van der Waals surface area (Å²) in [5.41, 5.74) is 2.96. The quantitative estimate of drug-likeness (QED) is 0.0587. The average Bonchev–Trinajstić information content (AvgIpc) is 1.85. The number of allylic oxidation sites excluding steroid dienone is 1. The van der Waals surface area contributed by atoms with E-state index in [2.05, 4.69) is 94.7 Å². The standard InChI is InChI=1S/2C22H28O4.C20H24O4.C20H24O3.8C5H10.8Fe/c2*1-17(23)25-15-21(13-11-19-7-3-4-8-19)22(16-26-18(2)24)14-12-20-9-5-6-10-20;1-23-19(21)17(13-11-15-7-3-4-8-15)18(20(22)24-2)14-12-16-9-5-6-10-16;1-15(21)18(13-11-16-7-3-4-8-16)19(20(22)23-2)14-12-17-9-5-6-10-17;8*1-2-4-5-3-1;;;;;;;;/h2*19-20H,3-10,15-16H2,1-2H3;15-16H,3-10H2,1-2H3;16-17H,3-10H2,1-2H3;8*1-5H2;;;;;;;;/b2*22-21+;18-17-;19-18+;;;;;;;;;;;;;;;;. The Labute approximate surface area is 978 Å². The van der Waals surface area contributed by atoms with Crippen LogP contribution < -0.4 is 0 Å². The average molecular weight is 2360 g/mol. The largest absolute Gasteiger partial charge is 0.465 e.